The van der Waals surface area contributed by atoms with E-state index in [1.807, 2.05) is 0 Å². The molecule has 8 nitrogen and oxygen atoms in total. The van der Waals surface area contributed by atoms with Gasteiger partial charge >= 0.3 is 6.03 Å². The van der Waals surface area contributed by atoms with Gasteiger partial charge in [0.2, 0.25) is 10.0 Å². The van der Waals surface area contributed by atoms with Crippen LogP contribution in [0.25, 0.3) is 11.3 Å². The summed E-state index contributed by atoms with van der Waals surface area (Å²) >= 11 is 0. The largest absolute Gasteiger partial charge is 0.354 e. The molecule has 0 bridgehead atoms. The fraction of sp³-hybridized carbons (Fsp3) is 0.412. The van der Waals surface area contributed by atoms with E-state index in [4.69, 9.17) is 4.52 Å². The predicted molar refractivity (Wildman–Crippen MR) is 98.1 cm³/mol. The number of sulfonamides is 1. The van der Waals surface area contributed by atoms with Crippen molar-refractivity contribution in [2.45, 2.75) is 12.8 Å². The summed E-state index contributed by atoms with van der Waals surface area (Å²) in [4.78, 5) is 14.0. The van der Waals surface area contributed by atoms with Gasteiger partial charge in [0, 0.05) is 19.2 Å². The lowest BCUT2D eigenvalue weighted by atomic mass is 10.0. The van der Waals surface area contributed by atoms with Gasteiger partial charge in [-0.1, -0.05) is 17.3 Å². The van der Waals surface area contributed by atoms with Crippen LogP contribution in [0, 0.1) is 11.7 Å². The molecule has 3 rings (SSSR count). The molecule has 1 unspecified atom stereocenters. The van der Waals surface area contributed by atoms with Gasteiger partial charge in [0.15, 0.2) is 11.6 Å². The Balaban J connectivity index is 1.63. The summed E-state index contributed by atoms with van der Waals surface area (Å²) in [7, 11) is -1.95. The lowest BCUT2D eigenvalue weighted by Gasteiger charge is -2.32. The first-order chi connectivity index (χ1) is 12.9. The highest BCUT2D eigenvalue weighted by atomic mass is 32.2. The summed E-state index contributed by atoms with van der Waals surface area (Å²) in [5.41, 5.74) is 0.251. The molecule has 1 saturated heterocycles. The Bertz CT molecular complexity index is 915. The van der Waals surface area contributed by atoms with E-state index in [1.165, 1.54) is 19.2 Å². The lowest BCUT2D eigenvalue weighted by molar-refractivity contribution is 0.182. The number of urea groups is 1. The van der Waals surface area contributed by atoms with Gasteiger partial charge in [0.05, 0.1) is 11.3 Å². The van der Waals surface area contributed by atoms with Crippen LogP contribution in [0.5, 0.6) is 0 Å². The number of halogens is 1. The fourth-order valence-electron chi connectivity index (χ4n) is 3.09. The number of carbonyl (C=O) groups excluding carboxylic acids is 1. The summed E-state index contributed by atoms with van der Waals surface area (Å²) < 4.78 is 44.6. The molecule has 0 saturated carbocycles. The maximum Gasteiger partial charge on any atom is 0.323 e. The Labute approximate surface area is 156 Å². The van der Waals surface area contributed by atoms with Crippen molar-refractivity contribution in [2.24, 2.45) is 5.92 Å². The van der Waals surface area contributed by atoms with Crippen LogP contribution in [0.3, 0.4) is 0 Å². The van der Waals surface area contributed by atoms with Crippen LogP contribution in [0.1, 0.15) is 12.8 Å². The minimum atomic E-state index is -3.33. The quantitative estimate of drug-likeness (QED) is 0.807. The summed E-state index contributed by atoms with van der Waals surface area (Å²) in [6.45, 7) is 0.866. The molecule has 1 atom stereocenters. The number of amides is 2. The van der Waals surface area contributed by atoms with Crippen molar-refractivity contribution in [1.29, 1.82) is 0 Å². The van der Waals surface area contributed by atoms with Gasteiger partial charge in [-0.2, -0.15) is 0 Å². The Morgan fingerprint density at radius 1 is 1.41 bits per heavy atom. The summed E-state index contributed by atoms with van der Waals surface area (Å²) in [6, 6.07) is 7.16. The zero-order valence-corrected chi connectivity index (χ0v) is 15.6. The number of rotatable bonds is 5. The van der Waals surface area contributed by atoms with Crippen molar-refractivity contribution in [1.82, 2.24) is 14.8 Å². The van der Waals surface area contributed by atoms with E-state index in [0.29, 0.717) is 13.1 Å². The van der Waals surface area contributed by atoms with Gasteiger partial charge in [0.25, 0.3) is 0 Å². The number of carbonyl (C=O) groups is 1. The molecule has 2 amide bonds. The normalized spacial score (nSPS) is 17.7. The molecule has 1 aromatic heterocycles. The molecule has 2 heterocycles. The SMILES string of the molecule is CNS(=O)(=O)CC1CCCN(C(=O)Nc2cc(-c3ccccc3F)on2)C1. The maximum absolute atomic E-state index is 13.8. The van der Waals surface area contributed by atoms with Crippen LogP contribution in [-0.4, -0.2) is 50.4 Å². The molecular weight excluding hydrogens is 375 g/mol. The van der Waals surface area contributed by atoms with Crippen LogP contribution in [0.15, 0.2) is 34.9 Å². The molecule has 1 aromatic carbocycles. The van der Waals surface area contributed by atoms with Crippen LogP contribution in [-0.2, 0) is 10.0 Å². The van der Waals surface area contributed by atoms with E-state index in [1.54, 1.807) is 23.1 Å². The first-order valence-corrected chi connectivity index (χ1v) is 10.2. The van der Waals surface area contributed by atoms with Gasteiger partial charge in [-0.15, -0.1) is 0 Å². The summed E-state index contributed by atoms with van der Waals surface area (Å²) in [5, 5.41) is 6.37. The number of nitrogens with one attached hydrogen (secondary N) is 2. The molecule has 0 aliphatic carbocycles. The van der Waals surface area contributed by atoms with Crippen molar-refractivity contribution < 1.29 is 22.1 Å². The average Bonchev–Trinajstić information content (AvgIpc) is 3.10. The Hall–Kier alpha value is -2.46. The molecule has 0 radical (unpaired) electrons. The molecule has 2 N–H and O–H groups in total. The van der Waals surface area contributed by atoms with E-state index in [2.05, 4.69) is 15.2 Å². The molecule has 27 heavy (non-hydrogen) atoms. The number of benzene rings is 1. The molecule has 0 spiro atoms. The summed E-state index contributed by atoms with van der Waals surface area (Å²) in [6.07, 6.45) is 1.46. The maximum atomic E-state index is 13.8. The fourth-order valence-corrected chi connectivity index (χ4v) is 4.15. The van der Waals surface area contributed by atoms with E-state index in [0.717, 1.165) is 12.8 Å². The molecule has 146 valence electrons. The monoisotopic (exact) mass is 396 g/mol. The van der Waals surface area contributed by atoms with Crippen molar-refractivity contribution in [3.05, 3.63) is 36.1 Å². The van der Waals surface area contributed by atoms with Crippen molar-refractivity contribution in [3.63, 3.8) is 0 Å². The van der Waals surface area contributed by atoms with Crippen molar-refractivity contribution >= 4 is 21.9 Å². The molecule has 2 aromatic rings. The van der Waals surface area contributed by atoms with Gasteiger partial charge < -0.3 is 9.42 Å². The van der Waals surface area contributed by atoms with Crippen LogP contribution in [0.2, 0.25) is 0 Å². The highest BCUT2D eigenvalue weighted by Gasteiger charge is 2.27. The van der Waals surface area contributed by atoms with Gasteiger partial charge in [-0.25, -0.2) is 22.3 Å². The summed E-state index contributed by atoms with van der Waals surface area (Å²) in [5.74, 6) is -0.220. The van der Waals surface area contributed by atoms with E-state index in [-0.39, 0.29) is 28.8 Å². The molecular formula is C17H21FN4O4S. The molecule has 10 heteroatoms. The Kier molecular flexibility index (Phi) is 5.76. The minimum Gasteiger partial charge on any atom is -0.354 e. The Morgan fingerprint density at radius 2 is 2.19 bits per heavy atom. The smallest absolute Gasteiger partial charge is 0.323 e. The zero-order chi connectivity index (χ0) is 19.4. The number of hydrogen-bond donors (Lipinski definition) is 2. The third-order valence-corrected chi connectivity index (χ3v) is 5.99. The second kappa shape index (κ2) is 8.05. The van der Waals surface area contributed by atoms with Crippen LogP contribution >= 0.6 is 0 Å². The van der Waals surface area contributed by atoms with Gasteiger partial charge in [-0.05, 0) is 37.9 Å². The van der Waals surface area contributed by atoms with Gasteiger partial charge in [0.1, 0.15) is 5.82 Å². The number of piperidine rings is 1. The first kappa shape index (κ1) is 19.3. The molecule has 1 aliphatic heterocycles. The number of likely N-dealkylation sites (tertiary alicyclic amines) is 1. The number of hydrogen-bond acceptors (Lipinski definition) is 5. The average molecular weight is 396 g/mol. The van der Waals surface area contributed by atoms with E-state index < -0.39 is 21.9 Å². The highest BCUT2D eigenvalue weighted by Crippen LogP contribution is 2.25. The predicted octanol–water partition coefficient (Wildman–Crippen LogP) is 2.27. The van der Waals surface area contributed by atoms with Gasteiger partial charge in [-0.3, -0.25) is 5.32 Å². The second-order valence-corrected chi connectivity index (χ2v) is 8.40. The molecule has 1 fully saturated rings. The van der Waals surface area contributed by atoms with E-state index in [9.17, 15) is 17.6 Å². The third-order valence-electron chi connectivity index (χ3n) is 4.46. The van der Waals surface area contributed by atoms with Crippen LogP contribution in [0.4, 0.5) is 15.0 Å². The Morgan fingerprint density at radius 3 is 2.93 bits per heavy atom. The number of aromatic nitrogens is 1. The number of nitrogens with zero attached hydrogens (tertiary/aromatic N) is 2. The first-order valence-electron chi connectivity index (χ1n) is 8.57. The second-order valence-electron chi connectivity index (χ2n) is 6.43. The topological polar surface area (TPSA) is 105 Å². The minimum absolute atomic E-state index is 0.0192. The third kappa shape index (κ3) is 4.83. The zero-order valence-electron chi connectivity index (χ0n) is 14.8. The van der Waals surface area contributed by atoms with Crippen molar-refractivity contribution in [3.8, 4) is 11.3 Å². The standard InChI is InChI=1S/C17H21FN4O4S/c1-19-27(24,25)11-12-5-4-8-22(10-12)17(23)20-16-9-15(26-21-16)13-6-2-3-7-14(13)18/h2-3,6-7,9,12,19H,4-5,8,10-11H2,1H3,(H,20,21,23). The highest BCUT2D eigenvalue weighted by molar-refractivity contribution is 7.89. The van der Waals surface area contributed by atoms with E-state index >= 15 is 0 Å². The lowest BCUT2D eigenvalue weighted by Crippen LogP contribution is -2.44. The van der Waals surface area contributed by atoms with Crippen LogP contribution < -0.4 is 10.0 Å². The molecule has 1 aliphatic rings. The number of anilines is 1. The van der Waals surface area contributed by atoms with Crippen molar-refractivity contribution in [2.75, 3.05) is 31.2 Å².